The van der Waals surface area contributed by atoms with Gasteiger partial charge in [0.05, 0.1) is 19.3 Å². The molecule has 0 amide bonds. The van der Waals surface area contributed by atoms with Gasteiger partial charge >= 0.3 is 5.97 Å². The lowest BCUT2D eigenvalue weighted by atomic mass is 10.1. The Morgan fingerprint density at radius 3 is 3.00 bits per heavy atom. The van der Waals surface area contributed by atoms with E-state index in [0.717, 1.165) is 26.0 Å². The van der Waals surface area contributed by atoms with Crippen LogP contribution in [-0.2, 0) is 14.3 Å². The first-order chi connectivity index (χ1) is 7.72. The average Bonchev–Trinajstić information content (AvgIpc) is 2.70. The van der Waals surface area contributed by atoms with E-state index in [2.05, 4.69) is 0 Å². The summed E-state index contributed by atoms with van der Waals surface area (Å²) in [6.45, 7) is 4.53. The Hall–Kier alpha value is -0.610. The van der Waals surface area contributed by atoms with Crippen LogP contribution in [0, 0.1) is 0 Å². The fraction of sp³-hybridized carbons (Fsp3) is 0.917. The Labute approximate surface area is 97.9 Å². The maximum atomic E-state index is 11.2. The third-order valence-corrected chi connectivity index (χ3v) is 2.79. The molecular weight excluding hydrogens is 206 g/mol. The summed E-state index contributed by atoms with van der Waals surface area (Å²) in [5.74, 6) is -0.137. The first-order valence-electron chi connectivity index (χ1n) is 6.18. The molecule has 1 heterocycles. The van der Waals surface area contributed by atoms with Crippen molar-refractivity contribution in [2.75, 3.05) is 33.4 Å². The van der Waals surface area contributed by atoms with E-state index in [-0.39, 0.29) is 5.97 Å². The molecule has 1 aliphatic heterocycles. The van der Waals surface area contributed by atoms with Crippen molar-refractivity contribution >= 4 is 5.97 Å². The molecule has 0 aromatic carbocycles. The minimum Gasteiger partial charge on any atom is -0.465 e. The summed E-state index contributed by atoms with van der Waals surface area (Å²) in [7, 11) is 1.95. The minimum absolute atomic E-state index is 0.137. The molecule has 1 aliphatic rings. The number of carbonyl (C=O) groups is 1. The zero-order chi connectivity index (χ0) is 11.8. The molecule has 0 aromatic rings. The number of rotatable bonds is 7. The fourth-order valence-electron chi connectivity index (χ4n) is 1.97. The number of hydrogen-bond acceptors (Lipinski definition) is 4. The number of ether oxygens (including phenoxy) is 2. The van der Waals surface area contributed by atoms with Crippen LogP contribution >= 0.6 is 0 Å². The molecule has 1 rings (SSSR count). The third kappa shape index (κ3) is 5.47. The lowest BCUT2D eigenvalue weighted by Crippen LogP contribution is -2.28. The lowest BCUT2D eigenvalue weighted by Gasteiger charge is -2.16. The van der Waals surface area contributed by atoms with Crippen molar-refractivity contribution < 1.29 is 14.3 Å². The molecule has 1 saturated heterocycles. The zero-order valence-electron chi connectivity index (χ0n) is 10.4. The molecule has 0 spiro atoms. The average molecular weight is 229 g/mol. The van der Waals surface area contributed by atoms with Gasteiger partial charge in [0.1, 0.15) is 0 Å². The van der Waals surface area contributed by atoms with Crippen LogP contribution in [0.3, 0.4) is 0 Å². The Morgan fingerprint density at radius 2 is 2.38 bits per heavy atom. The van der Waals surface area contributed by atoms with Crippen LogP contribution in [0.2, 0.25) is 0 Å². The Kier molecular flexibility index (Phi) is 6.42. The smallest absolute Gasteiger partial charge is 0.320 e. The van der Waals surface area contributed by atoms with E-state index >= 15 is 0 Å². The molecular formula is C12H23NO3. The SMILES string of the molecule is CCOC(=O)CN(C)CCCC1CCCO1. The second-order valence-corrected chi connectivity index (χ2v) is 4.32. The number of carbonyl (C=O) groups excluding carboxylic acids is 1. The van der Waals surface area contributed by atoms with E-state index in [1.165, 1.54) is 12.8 Å². The predicted octanol–water partition coefficient (Wildman–Crippen LogP) is 1.44. The van der Waals surface area contributed by atoms with Gasteiger partial charge in [-0.1, -0.05) is 0 Å². The minimum atomic E-state index is -0.137. The van der Waals surface area contributed by atoms with Gasteiger partial charge in [0, 0.05) is 6.61 Å². The van der Waals surface area contributed by atoms with Crippen LogP contribution in [0.5, 0.6) is 0 Å². The summed E-state index contributed by atoms with van der Waals surface area (Å²) in [6.07, 6.45) is 5.04. The fourth-order valence-corrected chi connectivity index (χ4v) is 1.97. The summed E-state index contributed by atoms with van der Waals surface area (Å²) < 4.78 is 10.4. The van der Waals surface area contributed by atoms with Crippen LogP contribution in [0.25, 0.3) is 0 Å². The third-order valence-electron chi connectivity index (χ3n) is 2.79. The molecule has 0 bridgehead atoms. The van der Waals surface area contributed by atoms with Crippen molar-refractivity contribution in [1.29, 1.82) is 0 Å². The van der Waals surface area contributed by atoms with Gasteiger partial charge in [-0.15, -0.1) is 0 Å². The van der Waals surface area contributed by atoms with Gasteiger partial charge in [-0.25, -0.2) is 0 Å². The highest BCUT2D eigenvalue weighted by molar-refractivity contribution is 5.71. The van der Waals surface area contributed by atoms with Crippen LogP contribution in [0.4, 0.5) is 0 Å². The molecule has 0 aromatic heterocycles. The zero-order valence-corrected chi connectivity index (χ0v) is 10.4. The topological polar surface area (TPSA) is 38.8 Å². The second-order valence-electron chi connectivity index (χ2n) is 4.32. The summed E-state index contributed by atoms with van der Waals surface area (Å²) in [6, 6.07) is 0. The van der Waals surface area contributed by atoms with E-state index in [0.29, 0.717) is 19.3 Å². The van der Waals surface area contributed by atoms with Gasteiger partial charge in [-0.2, -0.15) is 0 Å². The first kappa shape index (κ1) is 13.5. The molecule has 0 saturated carbocycles. The molecule has 0 aliphatic carbocycles. The number of nitrogens with zero attached hydrogens (tertiary/aromatic N) is 1. The molecule has 1 fully saturated rings. The van der Waals surface area contributed by atoms with Gasteiger partial charge in [-0.3, -0.25) is 9.69 Å². The van der Waals surface area contributed by atoms with Crippen molar-refractivity contribution in [3.8, 4) is 0 Å². The predicted molar refractivity (Wildman–Crippen MR) is 62.3 cm³/mol. The normalized spacial score (nSPS) is 20.3. The second kappa shape index (κ2) is 7.63. The van der Waals surface area contributed by atoms with E-state index in [1.54, 1.807) is 0 Å². The largest absolute Gasteiger partial charge is 0.465 e. The molecule has 4 heteroatoms. The quantitative estimate of drug-likeness (QED) is 0.619. The summed E-state index contributed by atoms with van der Waals surface area (Å²) in [5, 5.41) is 0. The van der Waals surface area contributed by atoms with E-state index < -0.39 is 0 Å². The Morgan fingerprint density at radius 1 is 1.56 bits per heavy atom. The monoisotopic (exact) mass is 229 g/mol. The van der Waals surface area contributed by atoms with Crippen LogP contribution in [-0.4, -0.2) is 50.3 Å². The van der Waals surface area contributed by atoms with Gasteiger partial charge in [0.2, 0.25) is 0 Å². The van der Waals surface area contributed by atoms with Crippen molar-refractivity contribution in [3.63, 3.8) is 0 Å². The lowest BCUT2D eigenvalue weighted by molar-refractivity contribution is -0.144. The maximum absolute atomic E-state index is 11.2. The highest BCUT2D eigenvalue weighted by Crippen LogP contribution is 2.16. The number of likely N-dealkylation sites (N-methyl/N-ethyl adjacent to an activating group) is 1. The van der Waals surface area contributed by atoms with Gasteiger partial charge in [0.15, 0.2) is 0 Å². The van der Waals surface area contributed by atoms with Crippen molar-refractivity contribution in [2.24, 2.45) is 0 Å². The van der Waals surface area contributed by atoms with E-state index in [4.69, 9.17) is 9.47 Å². The Bertz CT molecular complexity index is 202. The van der Waals surface area contributed by atoms with Crippen LogP contribution < -0.4 is 0 Å². The summed E-state index contributed by atoms with van der Waals surface area (Å²) >= 11 is 0. The van der Waals surface area contributed by atoms with Gasteiger partial charge in [-0.05, 0) is 46.2 Å². The maximum Gasteiger partial charge on any atom is 0.320 e. The van der Waals surface area contributed by atoms with Crippen LogP contribution in [0.1, 0.15) is 32.6 Å². The van der Waals surface area contributed by atoms with E-state index in [9.17, 15) is 4.79 Å². The van der Waals surface area contributed by atoms with E-state index in [1.807, 2.05) is 18.9 Å². The number of hydrogen-bond donors (Lipinski definition) is 0. The highest BCUT2D eigenvalue weighted by Gasteiger charge is 2.15. The Balaban J connectivity index is 2.00. The van der Waals surface area contributed by atoms with Gasteiger partial charge < -0.3 is 9.47 Å². The first-order valence-corrected chi connectivity index (χ1v) is 6.18. The molecule has 1 unspecified atom stereocenters. The van der Waals surface area contributed by atoms with Crippen molar-refractivity contribution in [1.82, 2.24) is 4.90 Å². The molecule has 0 radical (unpaired) electrons. The molecule has 94 valence electrons. The molecule has 0 N–H and O–H groups in total. The van der Waals surface area contributed by atoms with Gasteiger partial charge in [0.25, 0.3) is 0 Å². The molecule has 16 heavy (non-hydrogen) atoms. The van der Waals surface area contributed by atoms with Crippen molar-refractivity contribution in [3.05, 3.63) is 0 Å². The summed E-state index contributed by atoms with van der Waals surface area (Å²) in [4.78, 5) is 13.2. The molecule has 4 nitrogen and oxygen atoms in total. The number of esters is 1. The van der Waals surface area contributed by atoms with Crippen LogP contribution in [0.15, 0.2) is 0 Å². The molecule has 1 atom stereocenters. The van der Waals surface area contributed by atoms with Crippen molar-refractivity contribution in [2.45, 2.75) is 38.7 Å². The highest BCUT2D eigenvalue weighted by atomic mass is 16.5. The standard InChI is InChI=1S/C12H23NO3/c1-3-15-12(14)10-13(2)8-4-6-11-7-5-9-16-11/h11H,3-10H2,1-2H3. The summed E-state index contributed by atoms with van der Waals surface area (Å²) in [5.41, 5.74) is 0.